The molecule has 0 aliphatic carbocycles. The van der Waals surface area contributed by atoms with Crippen molar-refractivity contribution in [3.8, 4) is 0 Å². The van der Waals surface area contributed by atoms with Crippen LogP contribution in [0.1, 0.15) is 33.3 Å². The van der Waals surface area contributed by atoms with Crippen LogP contribution in [-0.4, -0.2) is 46.8 Å². The Labute approximate surface area is 179 Å². The Bertz CT molecular complexity index is 1170. The number of carbonyl (C=O) groups is 2. The average Bonchev–Trinajstić information content (AvgIpc) is 2.88. The quantitative estimate of drug-likeness (QED) is 0.570. The van der Waals surface area contributed by atoms with Crippen molar-refractivity contribution in [1.82, 2.24) is 14.9 Å². The zero-order chi connectivity index (χ0) is 23.2. The number of benzene rings is 1. The summed E-state index contributed by atoms with van der Waals surface area (Å²) in [5, 5.41) is 3.71. The van der Waals surface area contributed by atoms with E-state index in [4.69, 9.17) is 0 Å². The molecule has 11 heteroatoms. The molecule has 2 unspecified atom stereocenters. The molecule has 2 amide bonds. The van der Waals surface area contributed by atoms with Crippen molar-refractivity contribution in [2.45, 2.75) is 25.6 Å². The van der Waals surface area contributed by atoms with Crippen LogP contribution in [0.15, 0.2) is 41.3 Å². The fraction of sp³-hybridized carbons (Fsp3) is 0.286. The first-order chi connectivity index (χ1) is 15.2. The molecule has 7 nitrogen and oxygen atoms in total. The van der Waals surface area contributed by atoms with Gasteiger partial charge in [0.15, 0.2) is 5.43 Å². The summed E-state index contributed by atoms with van der Waals surface area (Å²) < 4.78 is 55.6. The molecule has 32 heavy (non-hydrogen) atoms. The van der Waals surface area contributed by atoms with E-state index >= 15 is 0 Å². The molecule has 0 saturated heterocycles. The van der Waals surface area contributed by atoms with Crippen LogP contribution in [0, 0.1) is 17.5 Å². The third-order valence-corrected chi connectivity index (χ3v) is 5.51. The summed E-state index contributed by atoms with van der Waals surface area (Å²) >= 11 is 0. The molecule has 2 aromatic rings. The van der Waals surface area contributed by atoms with Gasteiger partial charge in [-0.1, -0.05) is 12.2 Å². The molecule has 1 aromatic heterocycles. The van der Waals surface area contributed by atoms with E-state index in [1.807, 2.05) is 0 Å². The molecule has 168 valence electrons. The fourth-order valence-corrected chi connectivity index (χ4v) is 3.71. The predicted molar refractivity (Wildman–Crippen MR) is 106 cm³/mol. The molecule has 0 radical (unpaired) electrons. The maximum absolute atomic E-state index is 13.8. The summed E-state index contributed by atoms with van der Waals surface area (Å²) in [6, 6.07) is 0.855. The van der Waals surface area contributed by atoms with Gasteiger partial charge in [0, 0.05) is 42.5 Å². The van der Waals surface area contributed by atoms with Gasteiger partial charge in [-0.3, -0.25) is 24.1 Å². The highest BCUT2D eigenvalue weighted by molar-refractivity contribution is 5.97. The Balaban J connectivity index is 1.67. The molecule has 2 atom stereocenters. The maximum atomic E-state index is 13.8. The lowest BCUT2D eigenvalue weighted by molar-refractivity contribution is 0.0654. The minimum Gasteiger partial charge on any atom is -0.348 e. The van der Waals surface area contributed by atoms with Gasteiger partial charge in [-0.2, -0.15) is 0 Å². The number of rotatable bonds is 4. The zero-order valence-electron chi connectivity index (χ0n) is 16.8. The second-order valence-corrected chi connectivity index (χ2v) is 7.51. The SMILES string of the molecule is CC1C=CC(CF)N2CN1C(=O)c1cc(=O)c(C(=O)NCc3c(F)cc(F)cc3F)cn12. The monoisotopic (exact) mass is 450 g/mol. The molecule has 4 rings (SSSR count). The van der Waals surface area contributed by atoms with Gasteiger partial charge < -0.3 is 10.2 Å². The topological polar surface area (TPSA) is 74.7 Å². The summed E-state index contributed by atoms with van der Waals surface area (Å²) in [5.41, 5.74) is -1.81. The largest absolute Gasteiger partial charge is 0.348 e. The Hall–Kier alpha value is -3.63. The van der Waals surface area contributed by atoms with Crippen LogP contribution < -0.4 is 15.8 Å². The van der Waals surface area contributed by atoms with Crippen LogP contribution in [0.4, 0.5) is 17.6 Å². The summed E-state index contributed by atoms with van der Waals surface area (Å²) in [6.45, 7) is 0.379. The van der Waals surface area contributed by atoms with E-state index in [1.165, 1.54) is 14.6 Å². The molecule has 0 fully saturated rings. The first-order valence-electron chi connectivity index (χ1n) is 9.71. The van der Waals surface area contributed by atoms with Crippen molar-refractivity contribution < 1.29 is 27.2 Å². The van der Waals surface area contributed by atoms with Crippen molar-refractivity contribution in [3.63, 3.8) is 0 Å². The van der Waals surface area contributed by atoms with Crippen LogP contribution in [0.5, 0.6) is 0 Å². The van der Waals surface area contributed by atoms with Gasteiger partial charge >= 0.3 is 0 Å². The summed E-state index contributed by atoms with van der Waals surface area (Å²) in [7, 11) is 0. The minimum atomic E-state index is -1.19. The van der Waals surface area contributed by atoms with E-state index in [1.54, 1.807) is 19.1 Å². The summed E-state index contributed by atoms with van der Waals surface area (Å²) in [5.74, 6) is -4.90. The van der Waals surface area contributed by atoms with Gasteiger partial charge in [-0.15, -0.1) is 0 Å². The van der Waals surface area contributed by atoms with Crippen molar-refractivity contribution in [3.05, 3.63) is 81.0 Å². The number of hydrogen-bond acceptors (Lipinski definition) is 4. The van der Waals surface area contributed by atoms with E-state index in [2.05, 4.69) is 5.32 Å². The predicted octanol–water partition coefficient (Wildman–Crippen LogP) is 1.84. The third-order valence-electron chi connectivity index (χ3n) is 5.51. The standard InChI is InChI=1S/C21H18F4N4O3/c1-11-2-3-13(7-22)29-10-27(11)21(32)18-6-19(30)15(9-28(18)29)20(31)26-8-14-16(24)4-12(23)5-17(14)25/h2-6,9,11,13H,7-8,10H2,1H3,(H,26,31). The molecule has 1 aromatic carbocycles. The van der Waals surface area contributed by atoms with Gasteiger partial charge in [-0.25, -0.2) is 17.6 Å². The molecule has 2 aliphatic heterocycles. The van der Waals surface area contributed by atoms with Crippen LogP contribution >= 0.6 is 0 Å². The second-order valence-electron chi connectivity index (χ2n) is 7.51. The summed E-state index contributed by atoms with van der Waals surface area (Å²) in [4.78, 5) is 39.4. The first kappa shape index (κ1) is 21.6. The van der Waals surface area contributed by atoms with Crippen LogP contribution in [0.2, 0.25) is 0 Å². The number of nitrogens with one attached hydrogen (secondary N) is 1. The number of halogens is 4. The van der Waals surface area contributed by atoms with Crippen LogP contribution in [-0.2, 0) is 6.54 Å². The van der Waals surface area contributed by atoms with Gasteiger partial charge in [0.2, 0.25) is 0 Å². The molecular weight excluding hydrogens is 432 g/mol. The van der Waals surface area contributed by atoms with Crippen molar-refractivity contribution >= 4 is 11.8 Å². The normalized spacial score (nSPS) is 19.6. The number of aromatic nitrogens is 1. The second kappa shape index (κ2) is 8.13. The first-order valence-corrected chi connectivity index (χ1v) is 9.71. The molecule has 1 N–H and O–H groups in total. The Morgan fingerprint density at radius 3 is 2.47 bits per heavy atom. The highest BCUT2D eigenvalue weighted by atomic mass is 19.1. The Kier molecular flexibility index (Phi) is 5.49. The number of carbonyl (C=O) groups excluding carboxylic acids is 2. The number of hydrogen-bond donors (Lipinski definition) is 1. The Morgan fingerprint density at radius 2 is 1.81 bits per heavy atom. The molecule has 2 bridgehead atoms. The molecule has 0 saturated carbocycles. The molecule has 0 spiro atoms. The zero-order valence-corrected chi connectivity index (χ0v) is 16.8. The van der Waals surface area contributed by atoms with Crippen molar-refractivity contribution in [2.75, 3.05) is 18.4 Å². The van der Waals surface area contributed by atoms with Crippen LogP contribution in [0.3, 0.4) is 0 Å². The maximum Gasteiger partial charge on any atom is 0.274 e. The lowest BCUT2D eigenvalue weighted by Crippen LogP contribution is -2.58. The lowest BCUT2D eigenvalue weighted by atomic mass is 10.1. The highest BCUT2D eigenvalue weighted by Crippen LogP contribution is 2.22. The van der Waals surface area contributed by atoms with Gasteiger partial charge in [0.05, 0.1) is 6.04 Å². The fourth-order valence-electron chi connectivity index (χ4n) is 3.71. The number of fused-ring (bicyclic) bond motifs is 4. The highest BCUT2D eigenvalue weighted by Gasteiger charge is 2.36. The molecule has 3 heterocycles. The van der Waals surface area contributed by atoms with Crippen LogP contribution in [0.25, 0.3) is 0 Å². The third kappa shape index (κ3) is 3.63. The Morgan fingerprint density at radius 1 is 1.12 bits per heavy atom. The van der Waals surface area contributed by atoms with Gasteiger partial charge in [0.25, 0.3) is 11.8 Å². The number of amides is 2. The van der Waals surface area contributed by atoms with E-state index in [-0.39, 0.29) is 18.4 Å². The minimum absolute atomic E-state index is 0.0323. The van der Waals surface area contributed by atoms with Crippen molar-refractivity contribution in [1.29, 1.82) is 0 Å². The smallest absolute Gasteiger partial charge is 0.274 e. The lowest BCUT2D eigenvalue weighted by Gasteiger charge is -2.41. The molecular formula is C21H18F4N4O3. The molecule has 2 aliphatic rings. The van der Waals surface area contributed by atoms with E-state index < -0.39 is 65.1 Å². The van der Waals surface area contributed by atoms with E-state index in [0.717, 1.165) is 12.3 Å². The van der Waals surface area contributed by atoms with Gasteiger partial charge in [-0.05, 0) is 6.92 Å². The average molecular weight is 450 g/mol. The number of pyridine rings is 1. The van der Waals surface area contributed by atoms with Gasteiger partial charge in [0.1, 0.15) is 42.1 Å². The number of alkyl halides is 1. The summed E-state index contributed by atoms with van der Waals surface area (Å²) in [6.07, 6.45) is 4.39. The van der Waals surface area contributed by atoms with E-state index in [0.29, 0.717) is 12.1 Å². The van der Waals surface area contributed by atoms with Crippen molar-refractivity contribution in [2.24, 2.45) is 0 Å². The van der Waals surface area contributed by atoms with E-state index in [9.17, 15) is 31.9 Å². The number of nitrogens with zero attached hydrogens (tertiary/aromatic N) is 3.